The number of nitrogens with one attached hydrogen (secondary N) is 2. The summed E-state index contributed by atoms with van der Waals surface area (Å²) >= 11 is 6.08. The maximum absolute atomic E-state index is 12.4. The van der Waals surface area contributed by atoms with Crippen molar-refractivity contribution in [1.82, 2.24) is 10.3 Å². The van der Waals surface area contributed by atoms with Crippen LogP contribution in [0.3, 0.4) is 0 Å². The van der Waals surface area contributed by atoms with Gasteiger partial charge in [0.1, 0.15) is 5.82 Å². The molecule has 1 heterocycles. The lowest BCUT2D eigenvalue weighted by Gasteiger charge is -2.34. The van der Waals surface area contributed by atoms with Gasteiger partial charge in [0.05, 0.1) is 10.6 Å². The minimum atomic E-state index is -0.111. The summed E-state index contributed by atoms with van der Waals surface area (Å²) in [5.41, 5.74) is 0.483. The van der Waals surface area contributed by atoms with Gasteiger partial charge in [-0.05, 0) is 24.3 Å². The molecule has 0 saturated heterocycles. The second-order valence-corrected chi connectivity index (χ2v) is 6.05. The highest BCUT2D eigenvalue weighted by atomic mass is 35.5. The first-order valence-corrected chi connectivity index (χ1v) is 7.55. The molecule has 3 atom stereocenters. The SMILES string of the molecule is CNc1cc(C(=O)NC2CCCC(C)C2C)c(Cl)cn1. The van der Waals surface area contributed by atoms with E-state index in [4.69, 9.17) is 11.6 Å². The fourth-order valence-electron chi connectivity index (χ4n) is 2.78. The maximum atomic E-state index is 12.4. The van der Waals surface area contributed by atoms with E-state index in [9.17, 15) is 4.79 Å². The first-order valence-electron chi connectivity index (χ1n) is 7.17. The van der Waals surface area contributed by atoms with Gasteiger partial charge in [-0.1, -0.05) is 38.3 Å². The second-order valence-electron chi connectivity index (χ2n) is 5.65. The standard InChI is InChI=1S/C15H22ClN3O/c1-9-5-4-6-13(10(9)2)19-15(20)11-7-14(17-3)18-8-12(11)16/h7-10,13H,4-6H2,1-3H3,(H,17,18)(H,19,20). The Labute approximate surface area is 125 Å². The van der Waals surface area contributed by atoms with Crippen LogP contribution in [0.4, 0.5) is 5.82 Å². The van der Waals surface area contributed by atoms with Crippen LogP contribution in [-0.4, -0.2) is 24.0 Å². The summed E-state index contributed by atoms with van der Waals surface area (Å²) in [5, 5.41) is 6.43. The lowest BCUT2D eigenvalue weighted by Crippen LogP contribution is -2.43. The van der Waals surface area contributed by atoms with Gasteiger partial charge in [-0.15, -0.1) is 0 Å². The zero-order valence-electron chi connectivity index (χ0n) is 12.2. The molecule has 2 rings (SSSR count). The lowest BCUT2D eigenvalue weighted by molar-refractivity contribution is 0.0891. The molecular weight excluding hydrogens is 274 g/mol. The highest BCUT2D eigenvalue weighted by Crippen LogP contribution is 2.30. The fraction of sp³-hybridized carbons (Fsp3) is 0.600. The number of pyridine rings is 1. The third-order valence-corrected chi connectivity index (χ3v) is 4.68. The van der Waals surface area contributed by atoms with Crippen LogP contribution in [-0.2, 0) is 0 Å². The Balaban J connectivity index is 2.11. The van der Waals surface area contributed by atoms with Gasteiger partial charge < -0.3 is 10.6 Å². The topological polar surface area (TPSA) is 54.0 Å². The van der Waals surface area contributed by atoms with E-state index >= 15 is 0 Å². The summed E-state index contributed by atoms with van der Waals surface area (Å²) in [5.74, 6) is 1.68. The van der Waals surface area contributed by atoms with E-state index in [1.54, 1.807) is 13.1 Å². The molecule has 1 saturated carbocycles. The third-order valence-electron chi connectivity index (χ3n) is 4.38. The number of carbonyl (C=O) groups is 1. The molecule has 4 nitrogen and oxygen atoms in total. The van der Waals surface area contributed by atoms with Crippen LogP contribution in [0.15, 0.2) is 12.3 Å². The van der Waals surface area contributed by atoms with E-state index in [1.165, 1.54) is 19.0 Å². The summed E-state index contributed by atoms with van der Waals surface area (Å²) < 4.78 is 0. The Morgan fingerprint density at radius 1 is 1.40 bits per heavy atom. The van der Waals surface area contributed by atoms with Crippen molar-refractivity contribution in [2.75, 3.05) is 12.4 Å². The smallest absolute Gasteiger partial charge is 0.253 e. The van der Waals surface area contributed by atoms with Gasteiger partial charge in [-0.2, -0.15) is 0 Å². The predicted octanol–water partition coefficient (Wildman–Crippen LogP) is 3.33. The number of rotatable bonds is 3. The molecule has 1 aliphatic rings. The van der Waals surface area contributed by atoms with E-state index in [1.807, 2.05) is 0 Å². The number of hydrogen-bond acceptors (Lipinski definition) is 3. The van der Waals surface area contributed by atoms with Crippen LogP contribution in [0.5, 0.6) is 0 Å². The molecule has 5 heteroatoms. The van der Waals surface area contributed by atoms with Gasteiger partial charge in [0.25, 0.3) is 5.91 Å². The van der Waals surface area contributed by atoms with Crippen LogP contribution in [0.2, 0.25) is 5.02 Å². The molecule has 0 aliphatic heterocycles. The Morgan fingerprint density at radius 2 is 2.15 bits per heavy atom. The Morgan fingerprint density at radius 3 is 2.85 bits per heavy atom. The van der Waals surface area contributed by atoms with Crippen molar-refractivity contribution < 1.29 is 4.79 Å². The Bertz CT molecular complexity index is 492. The van der Waals surface area contributed by atoms with Crippen molar-refractivity contribution in [2.45, 2.75) is 39.2 Å². The van der Waals surface area contributed by atoms with Crippen LogP contribution < -0.4 is 10.6 Å². The minimum absolute atomic E-state index is 0.111. The molecule has 0 spiro atoms. The number of amides is 1. The second kappa shape index (κ2) is 6.44. The van der Waals surface area contributed by atoms with Crippen molar-refractivity contribution in [2.24, 2.45) is 11.8 Å². The molecule has 0 aromatic carbocycles. The third kappa shape index (κ3) is 3.23. The van der Waals surface area contributed by atoms with Crippen molar-refractivity contribution in [1.29, 1.82) is 0 Å². The number of anilines is 1. The average Bonchev–Trinajstić information content (AvgIpc) is 2.44. The van der Waals surface area contributed by atoms with Crippen molar-refractivity contribution in [3.05, 3.63) is 22.8 Å². The molecule has 2 N–H and O–H groups in total. The quantitative estimate of drug-likeness (QED) is 0.899. The Kier molecular flexibility index (Phi) is 4.86. The highest BCUT2D eigenvalue weighted by Gasteiger charge is 2.28. The van der Waals surface area contributed by atoms with Gasteiger partial charge in [-0.3, -0.25) is 4.79 Å². The number of carbonyl (C=O) groups excluding carboxylic acids is 1. The molecule has 1 amide bonds. The number of hydrogen-bond donors (Lipinski definition) is 2. The van der Waals surface area contributed by atoms with E-state index in [0.717, 1.165) is 6.42 Å². The molecule has 0 radical (unpaired) electrons. The lowest BCUT2D eigenvalue weighted by atomic mass is 9.78. The van der Waals surface area contributed by atoms with E-state index in [-0.39, 0.29) is 11.9 Å². The highest BCUT2D eigenvalue weighted by molar-refractivity contribution is 6.33. The molecule has 0 bridgehead atoms. The fourth-order valence-corrected chi connectivity index (χ4v) is 2.97. The zero-order valence-corrected chi connectivity index (χ0v) is 13.0. The largest absolute Gasteiger partial charge is 0.373 e. The molecule has 1 fully saturated rings. The summed E-state index contributed by atoms with van der Waals surface area (Å²) in [6.45, 7) is 4.46. The van der Waals surface area contributed by atoms with Gasteiger partial charge in [-0.25, -0.2) is 4.98 Å². The summed E-state index contributed by atoms with van der Waals surface area (Å²) in [7, 11) is 1.77. The van der Waals surface area contributed by atoms with Gasteiger partial charge >= 0.3 is 0 Å². The normalized spacial score (nSPS) is 26.1. The van der Waals surface area contributed by atoms with Gasteiger partial charge in [0.15, 0.2) is 0 Å². The Hall–Kier alpha value is -1.29. The van der Waals surface area contributed by atoms with Gasteiger partial charge in [0, 0.05) is 19.3 Å². The van der Waals surface area contributed by atoms with E-state index in [2.05, 4.69) is 29.5 Å². The molecule has 1 aromatic rings. The summed E-state index contributed by atoms with van der Waals surface area (Å²) in [6.07, 6.45) is 4.96. The summed E-state index contributed by atoms with van der Waals surface area (Å²) in [4.78, 5) is 16.5. The predicted molar refractivity (Wildman–Crippen MR) is 82.2 cm³/mol. The molecular formula is C15H22ClN3O. The first-order chi connectivity index (χ1) is 9.52. The van der Waals surface area contributed by atoms with E-state index < -0.39 is 0 Å². The first kappa shape index (κ1) is 15.1. The van der Waals surface area contributed by atoms with E-state index in [0.29, 0.717) is 28.2 Å². The van der Waals surface area contributed by atoms with Crippen molar-refractivity contribution in [3.8, 4) is 0 Å². The molecule has 110 valence electrons. The number of aromatic nitrogens is 1. The van der Waals surface area contributed by atoms with Crippen molar-refractivity contribution >= 4 is 23.3 Å². The van der Waals surface area contributed by atoms with Crippen LogP contribution in [0, 0.1) is 11.8 Å². The number of halogens is 1. The van der Waals surface area contributed by atoms with Gasteiger partial charge in [0.2, 0.25) is 0 Å². The minimum Gasteiger partial charge on any atom is -0.373 e. The zero-order chi connectivity index (χ0) is 14.7. The maximum Gasteiger partial charge on any atom is 0.253 e. The van der Waals surface area contributed by atoms with Crippen LogP contribution >= 0.6 is 11.6 Å². The molecule has 20 heavy (non-hydrogen) atoms. The summed E-state index contributed by atoms with van der Waals surface area (Å²) in [6, 6.07) is 1.92. The molecule has 3 unspecified atom stereocenters. The van der Waals surface area contributed by atoms with Crippen LogP contribution in [0.1, 0.15) is 43.5 Å². The molecule has 1 aromatic heterocycles. The molecule has 1 aliphatic carbocycles. The average molecular weight is 296 g/mol. The van der Waals surface area contributed by atoms with Crippen LogP contribution in [0.25, 0.3) is 0 Å². The number of nitrogens with zero attached hydrogens (tertiary/aromatic N) is 1. The van der Waals surface area contributed by atoms with Crippen molar-refractivity contribution in [3.63, 3.8) is 0 Å². The monoisotopic (exact) mass is 295 g/mol.